The predicted molar refractivity (Wildman–Crippen MR) is 106 cm³/mol. The molecule has 6 rings (SSSR count). The van der Waals surface area contributed by atoms with Crippen LogP contribution in [-0.4, -0.2) is 28.2 Å². The molecular formula is C23H33N3O. The summed E-state index contributed by atoms with van der Waals surface area (Å²) < 4.78 is 7.94. The molecule has 5 aliphatic rings. The van der Waals surface area contributed by atoms with Crippen molar-refractivity contribution in [1.29, 1.82) is 0 Å². The van der Waals surface area contributed by atoms with E-state index in [9.17, 15) is 0 Å². The Bertz CT molecular complexity index is 669. The van der Waals surface area contributed by atoms with Gasteiger partial charge in [0.1, 0.15) is 0 Å². The summed E-state index contributed by atoms with van der Waals surface area (Å²) in [5.74, 6) is 3.46. The molecule has 1 heterocycles. The normalized spacial score (nSPS) is 36.6. The van der Waals surface area contributed by atoms with Gasteiger partial charge in [-0.15, -0.1) is 5.10 Å². The highest BCUT2D eigenvalue weighted by Crippen LogP contribution is 2.60. The highest BCUT2D eigenvalue weighted by Gasteiger charge is 2.52. The van der Waals surface area contributed by atoms with Crippen molar-refractivity contribution in [3.8, 4) is 0 Å². The molecule has 0 aliphatic heterocycles. The summed E-state index contributed by atoms with van der Waals surface area (Å²) in [6.07, 6.45) is 22.9. The van der Waals surface area contributed by atoms with Crippen LogP contribution in [0.4, 0.5) is 0 Å². The molecule has 4 heteroatoms. The second-order valence-electron chi connectivity index (χ2n) is 9.66. The minimum atomic E-state index is 0.373. The number of aromatic nitrogens is 3. The van der Waals surface area contributed by atoms with E-state index in [1.54, 1.807) is 0 Å². The lowest BCUT2D eigenvalue weighted by atomic mass is 9.49. The molecular weight excluding hydrogens is 334 g/mol. The molecule has 1 atom stereocenters. The van der Waals surface area contributed by atoms with Gasteiger partial charge in [0.2, 0.25) is 0 Å². The average molecular weight is 368 g/mol. The van der Waals surface area contributed by atoms with Crippen LogP contribution in [0.5, 0.6) is 0 Å². The van der Waals surface area contributed by atoms with Gasteiger partial charge in [-0.25, -0.2) is 0 Å². The van der Waals surface area contributed by atoms with Crippen LogP contribution in [0.25, 0.3) is 0 Å². The molecule has 5 aliphatic carbocycles. The molecule has 0 spiro atoms. The topological polar surface area (TPSA) is 39.9 Å². The number of aryl methyl sites for hydroxylation is 1. The van der Waals surface area contributed by atoms with Crippen molar-refractivity contribution in [2.24, 2.45) is 23.7 Å². The molecule has 4 nitrogen and oxygen atoms in total. The summed E-state index contributed by atoms with van der Waals surface area (Å²) >= 11 is 0. The Morgan fingerprint density at radius 2 is 1.81 bits per heavy atom. The van der Waals surface area contributed by atoms with Crippen LogP contribution in [0.1, 0.15) is 63.5 Å². The first-order valence-electron chi connectivity index (χ1n) is 11.1. The fourth-order valence-electron chi connectivity index (χ4n) is 6.54. The Balaban J connectivity index is 1.07. The van der Waals surface area contributed by atoms with Crippen LogP contribution in [-0.2, 0) is 16.7 Å². The van der Waals surface area contributed by atoms with Gasteiger partial charge in [0.25, 0.3) is 0 Å². The lowest BCUT2D eigenvalue weighted by molar-refractivity contribution is -0.00725. The second-order valence-corrected chi connectivity index (χ2v) is 9.66. The Kier molecular flexibility index (Phi) is 4.93. The molecule has 27 heavy (non-hydrogen) atoms. The fraction of sp³-hybridized carbons (Fsp3) is 0.739. The average Bonchev–Trinajstić information content (AvgIpc) is 3.14. The van der Waals surface area contributed by atoms with Crippen molar-refractivity contribution >= 4 is 0 Å². The number of hydrogen-bond acceptors (Lipinski definition) is 3. The van der Waals surface area contributed by atoms with E-state index < -0.39 is 0 Å². The summed E-state index contributed by atoms with van der Waals surface area (Å²) in [5, 5.41) is 9.12. The zero-order valence-electron chi connectivity index (χ0n) is 16.4. The van der Waals surface area contributed by atoms with E-state index in [0.717, 1.165) is 56.8 Å². The molecule has 1 aromatic heterocycles. The van der Waals surface area contributed by atoms with Crippen molar-refractivity contribution < 1.29 is 4.74 Å². The Morgan fingerprint density at radius 3 is 2.52 bits per heavy atom. The molecule has 1 aromatic rings. The number of ether oxygens (including phenoxy) is 1. The molecule has 0 N–H and O–H groups in total. The van der Waals surface area contributed by atoms with Crippen LogP contribution in [0.3, 0.4) is 0 Å². The van der Waals surface area contributed by atoms with E-state index in [0.29, 0.717) is 11.3 Å². The predicted octanol–water partition coefficient (Wildman–Crippen LogP) is 4.68. The minimum absolute atomic E-state index is 0.373. The third-order valence-electron chi connectivity index (χ3n) is 7.45. The highest BCUT2D eigenvalue weighted by atomic mass is 16.5. The van der Waals surface area contributed by atoms with Gasteiger partial charge in [-0.2, -0.15) is 0 Å². The smallest absolute Gasteiger partial charge is 0.0889 e. The third-order valence-corrected chi connectivity index (χ3v) is 7.45. The lowest BCUT2D eigenvalue weighted by Gasteiger charge is -2.56. The second kappa shape index (κ2) is 7.54. The van der Waals surface area contributed by atoms with Gasteiger partial charge in [-0.3, -0.25) is 4.68 Å². The maximum atomic E-state index is 5.85. The molecule has 0 radical (unpaired) electrons. The maximum Gasteiger partial charge on any atom is 0.0889 e. The van der Waals surface area contributed by atoms with Crippen molar-refractivity contribution in [1.82, 2.24) is 15.0 Å². The van der Waals surface area contributed by atoms with Gasteiger partial charge in [-0.1, -0.05) is 29.5 Å². The summed E-state index contributed by atoms with van der Waals surface area (Å²) in [6.45, 7) is 2.67. The molecule has 0 amide bonds. The quantitative estimate of drug-likeness (QED) is 0.627. The number of hydrogen-bond donors (Lipinski definition) is 0. The molecule has 0 saturated heterocycles. The van der Waals surface area contributed by atoms with Gasteiger partial charge < -0.3 is 4.74 Å². The molecule has 4 fully saturated rings. The summed E-state index contributed by atoms with van der Waals surface area (Å²) in [6, 6.07) is 0. The van der Waals surface area contributed by atoms with Crippen LogP contribution < -0.4 is 0 Å². The van der Waals surface area contributed by atoms with Gasteiger partial charge in [-0.05, 0) is 75.5 Å². The lowest BCUT2D eigenvalue weighted by Crippen LogP contribution is -2.48. The van der Waals surface area contributed by atoms with Crippen molar-refractivity contribution in [2.75, 3.05) is 13.2 Å². The van der Waals surface area contributed by atoms with Crippen molar-refractivity contribution in [3.63, 3.8) is 0 Å². The molecule has 1 unspecified atom stereocenters. The Hall–Kier alpha value is -1.42. The van der Waals surface area contributed by atoms with Crippen molar-refractivity contribution in [2.45, 2.75) is 69.7 Å². The fourth-order valence-corrected chi connectivity index (χ4v) is 6.54. The van der Waals surface area contributed by atoms with E-state index in [2.05, 4.69) is 45.5 Å². The first-order chi connectivity index (χ1) is 13.3. The number of rotatable bonds is 8. The van der Waals surface area contributed by atoms with Crippen LogP contribution in [0.15, 0.2) is 30.5 Å². The first kappa shape index (κ1) is 17.7. The van der Waals surface area contributed by atoms with E-state index in [1.165, 1.54) is 44.2 Å². The zero-order chi connectivity index (χ0) is 18.1. The number of unbranched alkanes of at least 4 members (excludes halogenated alkanes) is 1. The standard InChI is InChI=1S/C23H33N3O/c1-2-6-18(7-3-1)17-27-9-5-4-8-26-16-22(24-25-26)23-13-19-10-20(14-23)12-21(11-19)15-23/h1-3,6,16,18-21H,4-5,7-15,17H2. The van der Waals surface area contributed by atoms with Gasteiger partial charge >= 0.3 is 0 Å². The summed E-state index contributed by atoms with van der Waals surface area (Å²) in [4.78, 5) is 0. The maximum absolute atomic E-state index is 5.85. The van der Waals surface area contributed by atoms with Crippen LogP contribution in [0.2, 0.25) is 0 Å². The molecule has 146 valence electrons. The third kappa shape index (κ3) is 3.78. The van der Waals surface area contributed by atoms with E-state index >= 15 is 0 Å². The molecule has 0 aromatic carbocycles. The Labute approximate surface area is 163 Å². The van der Waals surface area contributed by atoms with Gasteiger partial charge in [0, 0.05) is 30.7 Å². The molecule has 4 saturated carbocycles. The van der Waals surface area contributed by atoms with E-state index in [4.69, 9.17) is 4.74 Å². The van der Waals surface area contributed by atoms with E-state index in [1.807, 2.05) is 0 Å². The van der Waals surface area contributed by atoms with E-state index in [-0.39, 0.29) is 0 Å². The largest absolute Gasteiger partial charge is 0.381 e. The van der Waals surface area contributed by atoms with Crippen molar-refractivity contribution in [3.05, 3.63) is 36.2 Å². The monoisotopic (exact) mass is 367 g/mol. The SMILES string of the molecule is C1=CCC(COCCCCn2cc(C34CC5CC(CC(C5)C3)C4)nn2)C=C1. The zero-order valence-corrected chi connectivity index (χ0v) is 16.4. The summed E-state index contributed by atoms with van der Waals surface area (Å²) in [5.41, 5.74) is 1.67. The number of nitrogens with zero attached hydrogens (tertiary/aromatic N) is 3. The van der Waals surface area contributed by atoms with Crippen LogP contribution >= 0.6 is 0 Å². The number of allylic oxidation sites excluding steroid dienone is 3. The van der Waals surface area contributed by atoms with Gasteiger partial charge in [0.05, 0.1) is 12.3 Å². The highest BCUT2D eigenvalue weighted by molar-refractivity contribution is 5.20. The first-order valence-corrected chi connectivity index (χ1v) is 11.1. The molecule has 4 bridgehead atoms. The van der Waals surface area contributed by atoms with Gasteiger partial charge in [0.15, 0.2) is 0 Å². The van der Waals surface area contributed by atoms with Crippen LogP contribution in [0, 0.1) is 23.7 Å². The minimum Gasteiger partial charge on any atom is -0.381 e. The Morgan fingerprint density at radius 1 is 1.04 bits per heavy atom. The summed E-state index contributed by atoms with van der Waals surface area (Å²) in [7, 11) is 0.